The first kappa shape index (κ1) is 13.4. The topological polar surface area (TPSA) is 26.8 Å². The van der Waals surface area contributed by atoms with Gasteiger partial charge < -0.3 is 14.7 Å². The Morgan fingerprint density at radius 3 is 2.05 bits per heavy atom. The number of hydrogen-bond donors (Lipinski definition) is 0. The van der Waals surface area contributed by atoms with Crippen molar-refractivity contribution in [2.45, 2.75) is 38.1 Å². The molecule has 3 aliphatic heterocycles. The van der Waals surface area contributed by atoms with E-state index < -0.39 is 0 Å². The standard InChI is InChI=1S/C15H27N3O/c1-16-9-3-13(4-10-16)15(19)18-11-5-14(6-12-18)17-7-2-8-17/h13-14H,2-12H2,1H3. The first-order chi connectivity index (χ1) is 9.24. The molecule has 19 heavy (non-hydrogen) atoms. The van der Waals surface area contributed by atoms with Crippen LogP contribution in [0.25, 0.3) is 0 Å². The van der Waals surface area contributed by atoms with Crippen molar-refractivity contribution in [3.63, 3.8) is 0 Å². The molecule has 0 radical (unpaired) electrons. The molecule has 0 unspecified atom stereocenters. The van der Waals surface area contributed by atoms with E-state index in [1.807, 2.05) is 0 Å². The second-order valence-corrected chi connectivity index (χ2v) is 6.52. The Balaban J connectivity index is 1.46. The zero-order valence-electron chi connectivity index (χ0n) is 12.2. The maximum atomic E-state index is 12.5. The summed E-state index contributed by atoms with van der Waals surface area (Å²) in [4.78, 5) is 19.6. The summed E-state index contributed by atoms with van der Waals surface area (Å²) in [5, 5.41) is 0. The van der Waals surface area contributed by atoms with Gasteiger partial charge in [-0.2, -0.15) is 0 Å². The van der Waals surface area contributed by atoms with E-state index in [1.54, 1.807) is 0 Å². The molecule has 0 bridgehead atoms. The fourth-order valence-electron chi connectivity index (χ4n) is 3.67. The molecule has 4 heteroatoms. The van der Waals surface area contributed by atoms with Gasteiger partial charge in [0.15, 0.2) is 0 Å². The summed E-state index contributed by atoms with van der Waals surface area (Å²) in [6, 6.07) is 0.760. The number of nitrogens with zero attached hydrogens (tertiary/aromatic N) is 3. The number of piperidine rings is 2. The maximum Gasteiger partial charge on any atom is 0.225 e. The van der Waals surface area contributed by atoms with Crippen LogP contribution in [0.15, 0.2) is 0 Å². The Morgan fingerprint density at radius 2 is 1.53 bits per heavy atom. The highest BCUT2D eigenvalue weighted by molar-refractivity contribution is 5.79. The van der Waals surface area contributed by atoms with Crippen LogP contribution < -0.4 is 0 Å². The van der Waals surface area contributed by atoms with Gasteiger partial charge in [-0.15, -0.1) is 0 Å². The van der Waals surface area contributed by atoms with Crippen LogP contribution in [0.3, 0.4) is 0 Å². The summed E-state index contributed by atoms with van der Waals surface area (Å²) in [6.45, 7) is 6.72. The van der Waals surface area contributed by atoms with Gasteiger partial charge in [-0.25, -0.2) is 0 Å². The molecule has 0 aliphatic carbocycles. The largest absolute Gasteiger partial charge is 0.342 e. The lowest BCUT2D eigenvalue weighted by atomic mass is 9.93. The molecular weight excluding hydrogens is 238 g/mol. The van der Waals surface area contributed by atoms with E-state index >= 15 is 0 Å². The molecule has 3 aliphatic rings. The average Bonchev–Trinajstić information content (AvgIpc) is 2.38. The van der Waals surface area contributed by atoms with Crippen LogP contribution in [-0.2, 0) is 4.79 Å². The number of likely N-dealkylation sites (tertiary alicyclic amines) is 3. The Morgan fingerprint density at radius 1 is 0.895 bits per heavy atom. The molecule has 3 fully saturated rings. The first-order valence-electron chi connectivity index (χ1n) is 7.95. The zero-order chi connectivity index (χ0) is 13.2. The van der Waals surface area contributed by atoms with Crippen LogP contribution in [0.1, 0.15) is 32.1 Å². The van der Waals surface area contributed by atoms with E-state index in [0.29, 0.717) is 11.8 Å². The molecule has 0 atom stereocenters. The molecule has 0 saturated carbocycles. The van der Waals surface area contributed by atoms with E-state index in [1.165, 1.54) is 32.4 Å². The fraction of sp³-hybridized carbons (Fsp3) is 0.933. The van der Waals surface area contributed by atoms with E-state index in [-0.39, 0.29) is 0 Å². The Labute approximate surface area is 116 Å². The molecule has 0 N–H and O–H groups in total. The van der Waals surface area contributed by atoms with E-state index in [4.69, 9.17) is 0 Å². The number of rotatable bonds is 2. The highest BCUT2D eigenvalue weighted by atomic mass is 16.2. The van der Waals surface area contributed by atoms with Crippen molar-refractivity contribution in [3.8, 4) is 0 Å². The number of hydrogen-bond acceptors (Lipinski definition) is 3. The van der Waals surface area contributed by atoms with Crippen molar-refractivity contribution in [2.75, 3.05) is 46.3 Å². The Bertz CT molecular complexity index is 313. The predicted octanol–water partition coefficient (Wildman–Crippen LogP) is 1.02. The lowest BCUT2D eigenvalue weighted by Gasteiger charge is -2.43. The Hall–Kier alpha value is -0.610. The molecule has 108 valence electrons. The summed E-state index contributed by atoms with van der Waals surface area (Å²) in [7, 11) is 2.15. The molecular formula is C15H27N3O. The van der Waals surface area contributed by atoms with Crippen molar-refractivity contribution < 1.29 is 4.79 Å². The van der Waals surface area contributed by atoms with Crippen LogP contribution in [0, 0.1) is 5.92 Å². The summed E-state index contributed by atoms with van der Waals surface area (Å²) in [6.07, 6.45) is 5.87. The smallest absolute Gasteiger partial charge is 0.225 e. The van der Waals surface area contributed by atoms with Crippen LogP contribution in [0.2, 0.25) is 0 Å². The summed E-state index contributed by atoms with van der Waals surface area (Å²) in [5.41, 5.74) is 0. The molecule has 1 amide bonds. The third kappa shape index (κ3) is 2.95. The molecule has 0 aromatic rings. The lowest BCUT2D eigenvalue weighted by Crippen LogP contribution is -2.52. The monoisotopic (exact) mass is 265 g/mol. The third-order valence-corrected chi connectivity index (χ3v) is 5.25. The van der Waals surface area contributed by atoms with Crippen LogP contribution in [0.4, 0.5) is 0 Å². The minimum atomic E-state index is 0.303. The van der Waals surface area contributed by atoms with Gasteiger partial charge in [0.2, 0.25) is 5.91 Å². The number of carbonyl (C=O) groups is 1. The maximum absolute atomic E-state index is 12.5. The van der Waals surface area contributed by atoms with Gasteiger partial charge in [0.05, 0.1) is 0 Å². The third-order valence-electron chi connectivity index (χ3n) is 5.25. The molecule has 3 rings (SSSR count). The summed E-state index contributed by atoms with van der Waals surface area (Å²) >= 11 is 0. The number of amides is 1. The van der Waals surface area contributed by atoms with Gasteiger partial charge in [0, 0.05) is 25.0 Å². The predicted molar refractivity (Wildman–Crippen MR) is 76.0 cm³/mol. The van der Waals surface area contributed by atoms with E-state index in [0.717, 1.165) is 45.1 Å². The average molecular weight is 265 g/mol. The normalized spacial score (nSPS) is 28.4. The van der Waals surface area contributed by atoms with Gasteiger partial charge in [-0.3, -0.25) is 4.79 Å². The molecule has 3 heterocycles. The summed E-state index contributed by atoms with van der Waals surface area (Å²) < 4.78 is 0. The van der Waals surface area contributed by atoms with Gasteiger partial charge in [-0.05, 0) is 65.3 Å². The Kier molecular flexibility index (Phi) is 4.08. The van der Waals surface area contributed by atoms with Crippen molar-refractivity contribution in [2.24, 2.45) is 5.92 Å². The highest BCUT2D eigenvalue weighted by Gasteiger charge is 2.32. The summed E-state index contributed by atoms with van der Waals surface area (Å²) in [5.74, 6) is 0.743. The molecule has 4 nitrogen and oxygen atoms in total. The van der Waals surface area contributed by atoms with Gasteiger partial charge in [0.1, 0.15) is 0 Å². The van der Waals surface area contributed by atoms with Gasteiger partial charge >= 0.3 is 0 Å². The highest BCUT2D eigenvalue weighted by Crippen LogP contribution is 2.24. The second kappa shape index (κ2) is 5.80. The molecule has 0 spiro atoms. The lowest BCUT2D eigenvalue weighted by molar-refractivity contribution is -0.138. The van der Waals surface area contributed by atoms with Crippen molar-refractivity contribution >= 4 is 5.91 Å². The minimum Gasteiger partial charge on any atom is -0.342 e. The first-order valence-corrected chi connectivity index (χ1v) is 7.95. The van der Waals surface area contributed by atoms with Crippen molar-refractivity contribution in [1.82, 2.24) is 14.7 Å². The molecule has 3 saturated heterocycles. The van der Waals surface area contributed by atoms with Crippen LogP contribution >= 0.6 is 0 Å². The van der Waals surface area contributed by atoms with Gasteiger partial charge in [0.25, 0.3) is 0 Å². The SMILES string of the molecule is CN1CCC(C(=O)N2CCC(N3CCC3)CC2)CC1. The van der Waals surface area contributed by atoms with Crippen molar-refractivity contribution in [1.29, 1.82) is 0 Å². The van der Waals surface area contributed by atoms with Crippen molar-refractivity contribution in [3.05, 3.63) is 0 Å². The second-order valence-electron chi connectivity index (χ2n) is 6.52. The van der Waals surface area contributed by atoms with Gasteiger partial charge in [-0.1, -0.05) is 0 Å². The molecule has 0 aromatic heterocycles. The van der Waals surface area contributed by atoms with E-state index in [9.17, 15) is 4.79 Å². The fourth-order valence-corrected chi connectivity index (χ4v) is 3.67. The minimum absolute atomic E-state index is 0.303. The van der Waals surface area contributed by atoms with Crippen LogP contribution in [-0.4, -0.2) is 73.0 Å². The van der Waals surface area contributed by atoms with E-state index in [2.05, 4.69) is 21.7 Å². The zero-order valence-corrected chi connectivity index (χ0v) is 12.2. The van der Waals surface area contributed by atoms with Crippen LogP contribution in [0.5, 0.6) is 0 Å². The number of carbonyl (C=O) groups excluding carboxylic acids is 1. The molecule has 0 aromatic carbocycles. The quantitative estimate of drug-likeness (QED) is 0.746.